The number of benzene rings is 3. The van der Waals surface area contributed by atoms with E-state index in [9.17, 15) is 0 Å². The maximum Gasteiger partial charge on any atom is 0.224 e. The summed E-state index contributed by atoms with van der Waals surface area (Å²) in [7, 11) is 2.12. The van der Waals surface area contributed by atoms with Crippen molar-refractivity contribution in [2.45, 2.75) is 13.8 Å². The van der Waals surface area contributed by atoms with Crippen LogP contribution in [0.2, 0.25) is 0 Å². The molecule has 0 bridgehead atoms. The average Bonchev–Trinajstić information content (AvgIpc) is 2.91. The third-order valence-electron chi connectivity index (χ3n) is 4.65. The van der Waals surface area contributed by atoms with Crippen LogP contribution < -0.4 is 9.47 Å². The fraction of sp³-hybridized carbons (Fsp3) is 0.227. The minimum Gasteiger partial charge on any atom is -0.494 e. The summed E-state index contributed by atoms with van der Waals surface area (Å²) in [6, 6.07) is 19.0. The van der Waals surface area contributed by atoms with Gasteiger partial charge in [0.05, 0.1) is 29.7 Å². The zero-order valence-corrected chi connectivity index (χ0v) is 14.9. The van der Waals surface area contributed by atoms with Gasteiger partial charge in [0.1, 0.15) is 18.5 Å². The van der Waals surface area contributed by atoms with Gasteiger partial charge < -0.3 is 9.47 Å². The Balaban J connectivity index is 1.94. The summed E-state index contributed by atoms with van der Waals surface area (Å²) in [5.41, 5.74) is 4.76. The smallest absolute Gasteiger partial charge is 0.224 e. The van der Waals surface area contributed by atoms with E-state index in [1.807, 2.05) is 26.0 Å². The lowest BCUT2D eigenvalue weighted by atomic mass is 9.97. The van der Waals surface area contributed by atoms with Crippen molar-refractivity contribution in [1.29, 1.82) is 0 Å². The molecule has 0 saturated carbocycles. The van der Waals surface area contributed by atoms with Gasteiger partial charge in [-0.15, -0.1) is 0 Å². The fourth-order valence-corrected chi connectivity index (χ4v) is 3.65. The lowest BCUT2D eigenvalue weighted by molar-refractivity contribution is -0.399. The van der Waals surface area contributed by atoms with E-state index in [1.165, 1.54) is 27.7 Å². The fourth-order valence-electron chi connectivity index (χ4n) is 3.65. The lowest BCUT2D eigenvalue weighted by Gasteiger charge is -2.12. The van der Waals surface area contributed by atoms with Crippen LogP contribution in [0.1, 0.15) is 25.0 Å². The van der Waals surface area contributed by atoms with E-state index in [0.29, 0.717) is 13.2 Å². The summed E-state index contributed by atoms with van der Waals surface area (Å²) >= 11 is 0. The lowest BCUT2D eigenvalue weighted by Crippen LogP contribution is -2.13. The predicted molar refractivity (Wildman–Crippen MR) is 102 cm³/mol. The molecule has 0 N–H and O–H groups in total. The second-order valence-electron chi connectivity index (χ2n) is 6.11. The molecule has 1 aliphatic rings. The molecule has 126 valence electrons. The second kappa shape index (κ2) is 6.25. The zero-order valence-electron chi connectivity index (χ0n) is 14.9. The average molecular weight is 332 g/mol. The van der Waals surface area contributed by atoms with Crippen LogP contribution in [0.5, 0.6) is 11.5 Å². The minimum atomic E-state index is 0.622. The van der Waals surface area contributed by atoms with Gasteiger partial charge in [-0.05, 0) is 37.4 Å². The van der Waals surface area contributed by atoms with Crippen LogP contribution in [0.15, 0.2) is 54.6 Å². The Hall–Kier alpha value is -2.81. The molecule has 0 unspecified atom stereocenters. The standard InChI is InChI=1S/C22H22NO2/c1-4-24-16-12-13-17(20(14-16)25-5-2)22-18-10-6-8-15-9-7-11-19(21(15)18)23(22)3/h6-14H,4-5H2,1-3H3/q+1. The minimum absolute atomic E-state index is 0.622. The normalized spacial score (nSPS) is 12.8. The molecule has 0 aromatic heterocycles. The van der Waals surface area contributed by atoms with E-state index in [2.05, 4.69) is 54.1 Å². The van der Waals surface area contributed by atoms with Crippen LogP contribution in [0.3, 0.4) is 0 Å². The van der Waals surface area contributed by atoms with Gasteiger partial charge in [-0.2, -0.15) is 4.58 Å². The number of nitrogens with zero attached hydrogens (tertiary/aromatic N) is 1. The molecule has 25 heavy (non-hydrogen) atoms. The molecule has 0 aliphatic carbocycles. The van der Waals surface area contributed by atoms with Crippen LogP contribution in [0, 0.1) is 0 Å². The van der Waals surface area contributed by atoms with Gasteiger partial charge in [-0.3, -0.25) is 0 Å². The highest BCUT2D eigenvalue weighted by molar-refractivity contribution is 6.22. The highest BCUT2D eigenvalue weighted by Gasteiger charge is 2.32. The van der Waals surface area contributed by atoms with Crippen molar-refractivity contribution in [2.75, 3.05) is 20.3 Å². The van der Waals surface area contributed by atoms with Crippen molar-refractivity contribution in [3.63, 3.8) is 0 Å². The van der Waals surface area contributed by atoms with Gasteiger partial charge in [0.2, 0.25) is 11.4 Å². The largest absolute Gasteiger partial charge is 0.494 e. The van der Waals surface area contributed by atoms with Gasteiger partial charge in [0.25, 0.3) is 0 Å². The summed E-state index contributed by atoms with van der Waals surface area (Å²) < 4.78 is 13.9. The zero-order chi connectivity index (χ0) is 17.4. The number of rotatable bonds is 5. The second-order valence-corrected chi connectivity index (χ2v) is 6.11. The third-order valence-corrected chi connectivity index (χ3v) is 4.65. The van der Waals surface area contributed by atoms with E-state index in [-0.39, 0.29) is 0 Å². The number of ether oxygens (including phenoxy) is 2. The molecule has 0 spiro atoms. The molecule has 0 fully saturated rings. The molecular formula is C22H22NO2+. The van der Waals surface area contributed by atoms with Crippen molar-refractivity contribution in [1.82, 2.24) is 0 Å². The van der Waals surface area contributed by atoms with Crippen molar-refractivity contribution in [2.24, 2.45) is 0 Å². The molecular weight excluding hydrogens is 310 g/mol. The number of hydrogen-bond donors (Lipinski definition) is 0. The Morgan fingerprint density at radius 2 is 1.60 bits per heavy atom. The van der Waals surface area contributed by atoms with Crippen LogP contribution in [0.25, 0.3) is 10.8 Å². The maximum absolute atomic E-state index is 5.95. The Labute approximate surface area is 148 Å². The molecule has 0 amide bonds. The predicted octanol–water partition coefficient (Wildman–Crippen LogP) is 4.76. The summed E-state index contributed by atoms with van der Waals surface area (Å²) in [6.45, 7) is 5.27. The maximum atomic E-state index is 5.95. The van der Waals surface area contributed by atoms with Crippen molar-refractivity contribution < 1.29 is 14.0 Å². The molecule has 0 radical (unpaired) electrons. The van der Waals surface area contributed by atoms with Gasteiger partial charge in [-0.25, -0.2) is 0 Å². The first-order valence-corrected chi connectivity index (χ1v) is 8.77. The first-order valence-electron chi connectivity index (χ1n) is 8.77. The van der Waals surface area contributed by atoms with E-state index >= 15 is 0 Å². The molecule has 3 nitrogen and oxygen atoms in total. The first kappa shape index (κ1) is 15.7. The topological polar surface area (TPSA) is 21.5 Å². The summed E-state index contributed by atoms with van der Waals surface area (Å²) in [5.74, 6) is 1.70. The Morgan fingerprint density at radius 3 is 2.36 bits per heavy atom. The van der Waals surface area contributed by atoms with Crippen LogP contribution >= 0.6 is 0 Å². The first-order chi connectivity index (χ1) is 12.2. The van der Waals surface area contributed by atoms with Crippen molar-refractivity contribution in [3.05, 3.63) is 65.7 Å². The molecule has 3 aromatic rings. The van der Waals surface area contributed by atoms with E-state index in [0.717, 1.165) is 17.1 Å². The molecule has 4 rings (SSSR count). The van der Waals surface area contributed by atoms with Gasteiger partial charge in [-0.1, -0.05) is 24.3 Å². The highest BCUT2D eigenvalue weighted by atomic mass is 16.5. The molecule has 3 heteroatoms. The quantitative estimate of drug-likeness (QED) is 0.628. The molecule has 0 atom stereocenters. The summed E-state index contributed by atoms with van der Waals surface area (Å²) in [4.78, 5) is 0. The molecule has 1 heterocycles. The Bertz CT molecular complexity index is 983. The number of hydrogen-bond acceptors (Lipinski definition) is 2. The van der Waals surface area contributed by atoms with Gasteiger partial charge in [0.15, 0.2) is 0 Å². The van der Waals surface area contributed by atoms with E-state index < -0.39 is 0 Å². The third kappa shape index (κ3) is 2.47. The van der Waals surface area contributed by atoms with E-state index in [4.69, 9.17) is 9.47 Å². The highest BCUT2D eigenvalue weighted by Crippen LogP contribution is 2.38. The van der Waals surface area contributed by atoms with Crippen LogP contribution in [0.4, 0.5) is 5.69 Å². The molecule has 3 aromatic carbocycles. The monoisotopic (exact) mass is 332 g/mol. The Morgan fingerprint density at radius 1 is 0.840 bits per heavy atom. The van der Waals surface area contributed by atoms with E-state index in [1.54, 1.807) is 0 Å². The SMILES string of the molecule is CCOc1ccc(C2=[N+](C)c3cccc4cccc2c34)c(OCC)c1. The van der Waals surface area contributed by atoms with Crippen molar-refractivity contribution >= 4 is 22.2 Å². The van der Waals surface area contributed by atoms with Gasteiger partial charge in [0, 0.05) is 12.1 Å². The van der Waals surface area contributed by atoms with Crippen LogP contribution in [-0.2, 0) is 0 Å². The van der Waals surface area contributed by atoms with Crippen LogP contribution in [-0.4, -0.2) is 30.5 Å². The molecule has 0 saturated heterocycles. The summed E-state index contributed by atoms with van der Waals surface area (Å²) in [6.07, 6.45) is 0. The molecule has 1 aliphatic heterocycles. The Kier molecular flexibility index (Phi) is 3.92. The summed E-state index contributed by atoms with van der Waals surface area (Å²) in [5, 5.41) is 2.57. The van der Waals surface area contributed by atoms with Gasteiger partial charge >= 0.3 is 0 Å². The van der Waals surface area contributed by atoms with Crippen molar-refractivity contribution in [3.8, 4) is 11.5 Å².